The molecule has 1 aromatic rings. The SMILES string of the molecule is CCc1cc(C)ncc1C(=O)OC. The summed E-state index contributed by atoms with van der Waals surface area (Å²) < 4.78 is 4.64. The van der Waals surface area contributed by atoms with Gasteiger partial charge in [-0.25, -0.2) is 4.79 Å². The monoisotopic (exact) mass is 179 g/mol. The lowest BCUT2D eigenvalue weighted by molar-refractivity contribution is 0.0599. The van der Waals surface area contributed by atoms with Crippen LogP contribution in [0, 0.1) is 6.92 Å². The van der Waals surface area contributed by atoms with Gasteiger partial charge in [0.1, 0.15) is 0 Å². The number of methoxy groups -OCH3 is 1. The van der Waals surface area contributed by atoms with Gasteiger partial charge in [0.05, 0.1) is 12.7 Å². The summed E-state index contributed by atoms with van der Waals surface area (Å²) in [6.07, 6.45) is 2.38. The number of nitrogens with zero attached hydrogens (tertiary/aromatic N) is 1. The van der Waals surface area contributed by atoms with Crippen LogP contribution in [-0.2, 0) is 11.2 Å². The van der Waals surface area contributed by atoms with Crippen molar-refractivity contribution in [1.82, 2.24) is 4.98 Å². The molecule has 0 aliphatic heterocycles. The Kier molecular flexibility index (Phi) is 3.01. The molecule has 1 heterocycles. The molecular weight excluding hydrogens is 166 g/mol. The van der Waals surface area contributed by atoms with Crippen LogP contribution in [0.4, 0.5) is 0 Å². The summed E-state index contributed by atoms with van der Waals surface area (Å²) in [7, 11) is 1.38. The largest absolute Gasteiger partial charge is 0.465 e. The maximum Gasteiger partial charge on any atom is 0.339 e. The fraction of sp³-hybridized carbons (Fsp3) is 0.400. The molecule has 0 bridgehead atoms. The molecule has 0 aromatic carbocycles. The average molecular weight is 179 g/mol. The van der Waals surface area contributed by atoms with Crippen molar-refractivity contribution < 1.29 is 9.53 Å². The Hall–Kier alpha value is -1.38. The van der Waals surface area contributed by atoms with E-state index in [0.717, 1.165) is 17.7 Å². The Bertz CT molecular complexity index is 321. The van der Waals surface area contributed by atoms with Crippen molar-refractivity contribution in [3.63, 3.8) is 0 Å². The van der Waals surface area contributed by atoms with Crippen molar-refractivity contribution in [3.05, 3.63) is 29.1 Å². The van der Waals surface area contributed by atoms with Crippen molar-refractivity contribution in [2.75, 3.05) is 7.11 Å². The van der Waals surface area contributed by atoms with Crippen LogP contribution in [0.2, 0.25) is 0 Å². The van der Waals surface area contributed by atoms with Crippen LogP contribution >= 0.6 is 0 Å². The van der Waals surface area contributed by atoms with Gasteiger partial charge in [-0.1, -0.05) is 6.92 Å². The fourth-order valence-electron chi connectivity index (χ4n) is 1.20. The summed E-state index contributed by atoms with van der Waals surface area (Å²) in [4.78, 5) is 15.3. The average Bonchev–Trinajstić information content (AvgIpc) is 2.16. The van der Waals surface area contributed by atoms with Crippen molar-refractivity contribution in [2.45, 2.75) is 20.3 Å². The summed E-state index contributed by atoms with van der Waals surface area (Å²) in [6, 6.07) is 1.91. The quantitative estimate of drug-likeness (QED) is 0.649. The number of aryl methyl sites for hydroxylation is 2. The number of hydrogen-bond acceptors (Lipinski definition) is 3. The Balaban J connectivity index is 3.13. The maximum atomic E-state index is 11.2. The molecule has 70 valence electrons. The lowest BCUT2D eigenvalue weighted by atomic mass is 10.1. The summed E-state index contributed by atoms with van der Waals surface area (Å²) >= 11 is 0. The molecule has 0 saturated heterocycles. The summed E-state index contributed by atoms with van der Waals surface area (Å²) in [5, 5.41) is 0. The third-order valence-corrected chi connectivity index (χ3v) is 1.91. The molecule has 0 saturated carbocycles. The predicted molar refractivity (Wildman–Crippen MR) is 49.7 cm³/mol. The van der Waals surface area contributed by atoms with Gasteiger partial charge < -0.3 is 4.74 Å². The van der Waals surface area contributed by atoms with Gasteiger partial charge in [0.25, 0.3) is 0 Å². The molecule has 1 aromatic heterocycles. The molecule has 1 rings (SSSR count). The van der Waals surface area contributed by atoms with E-state index in [1.54, 1.807) is 6.20 Å². The highest BCUT2D eigenvalue weighted by molar-refractivity contribution is 5.90. The van der Waals surface area contributed by atoms with Gasteiger partial charge in [0.15, 0.2) is 0 Å². The first-order chi connectivity index (χ1) is 6.19. The van der Waals surface area contributed by atoms with E-state index in [1.807, 2.05) is 19.9 Å². The molecule has 3 heteroatoms. The van der Waals surface area contributed by atoms with Crippen LogP contribution in [0.5, 0.6) is 0 Å². The first kappa shape index (κ1) is 9.71. The topological polar surface area (TPSA) is 39.2 Å². The minimum absolute atomic E-state index is 0.315. The van der Waals surface area contributed by atoms with Gasteiger partial charge in [-0.05, 0) is 25.0 Å². The van der Waals surface area contributed by atoms with Crippen LogP contribution in [0.3, 0.4) is 0 Å². The first-order valence-electron chi connectivity index (χ1n) is 4.22. The van der Waals surface area contributed by atoms with E-state index in [4.69, 9.17) is 0 Å². The highest BCUT2D eigenvalue weighted by Crippen LogP contribution is 2.10. The van der Waals surface area contributed by atoms with Crippen LogP contribution in [0.1, 0.15) is 28.5 Å². The van der Waals surface area contributed by atoms with Crippen LogP contribution in [-0.4, -0.2) is 18.1 Å². The van der Waals surface area contributed by atoms with E-state index in [2.05, 4.69) is 9.72 Å². The molecule has 3 nitrogen and oxygen atoms in total. The molecule has 13 heavy (non-hydrogen) atoms. The van der Waals surface area contributed by atoms with Gasteiger partial charge in [-0.15, -0.1) is 0 Å². The first-order valence-corrected chi connectivity index (χ1v) is 4.22. The summed E-state index contributed by atoms with van der Waals surface area (Å²) in [6.45, 7) is 3.90. The number of carbonyl (C=O) groups is 1. The van der Waals surface area contributed by atoms with Gasteiger partial charge in [-0.3, -0.25) is 4.98 Å². The Labute approximate surface area is 77.8 Å². The van der Waals surface area contributed by atoms with E-state index in [9.17, 15) is 4.79 Å². The maximum absolute atomic E-state index is 11.2. The Morgan fingerprint density at radius 3 is 2.85 bits per heavy atom. The van der Waals surface area contributed by atoms with Crippen molar-refractivity contribution >= 4 is 5.97 Å². The van der Waals surface area contributed by atoms with E-state index in [1.165, 1.54) is 7.11 Å². The lowest BCUT2D eigenvalue weighted by Crippen LogP contribution is -2.06. The van der Waals surface area contributed by atoms with Gasteiger partial charge in [0.2, 0.25) is 0 Å². The van der Waals surface area contributed by atoms with Crippen LogP contribution in [0.15, 0.2) is 12.3 Å². The number of ether oxygens (including phenoxy) is 1. The minimum Gasteiger partial charge on any atom is -0.465 e. The summed E-state index contributed by atoms with van der Waals surface area (Å²) in [5.74, 6) is -0.315. The molecule has 0 atom stereocenters. The molecule has 0 aliphatic carbocycles. The number of carbonyl (C=O) groups excluding carboxylic acids is 1. The van der Waals surface area contributed by atoms with Gasteiger partial charge in [-0.2, -0.15) is 0 Å². The van der Waals surface area contributed by atoms with Crippen LogP contribution < -0.4 is 0 Å². The zero-order valence-electron chi connectivity index (χ0n) is 8.13. The Morgan fingerprint density at radius 2 is 2.31 bits per heavy atom. The standard InChI is InChI=1S/C10H13NO2/c1-4-8-5-7(2)11-6-9(8)10(12)13-3/h5-6H,4H2,1-3H3. The van der Waals surface area contributed by atoms with E-state index < -0.39 is 0 Å². The normalized spacial score (nSPS) is 9.77. The van der Waals surface area contributed by atoms with Gasteiger partial charge >= 0.3 is 5.97 Å². The third kappa shape index (κ3) is 2.05. The number of esters is 1. The minimum atomic E-state index is -0.315. The van der Waals surface area contributed by atoms with Crippen molar-refractivity contribution in [1.29, 1.82) is 0 Å². The molecule has 0 unspecified atom stereocenters. The molecule has 0 N–H and O–H groups in total. The molecule has 0 fully saturated rings. The fourth-order valence-corrected chi connectivity index (χ4v) is 1.20. The highest BCUT2D eigenvalue weighted by atomic mass is 16.5. The molecule has 0 aliphatic rings. The lowest BCUT2D eigenvalue weighted by Gasteiger charge is -2.05. The van der Waals surface area contributed by atoms with Crippen molar-refractivity contribution in [2.24, 2.45) is 0 Å². The highest BCUT2D eigenvalue weighted by Gasteiger charge is 2.10. The van der Waals surface area contributed by atoms with E-state index in [0.29, 0.717) is 5.56 Å². The second-order valence-electron chi connectivity index (χ2n) is 2.83. The third-order valence-electron chi connectivity index (χ3n) is 1.91. The van der Waals surface area contributed by atoms with Gasteiger partial charge in [0, 0.05) is 11.9 Å². The van der Waals surface area contributed by atoms with Crippen molar-refractivity contribution in [3.8, 4) is 0 Å². The van der Waals surface area contributed by atoms with Crippen LogP contribution in [0.25, 0.3) is 0 Å². The molecule has 0 radical (unpaired) electrons. The van der Waals surface area contributed by atoms with E-state index >= 15 is 0 Å². The number of pyridine rings is 1. The zero-order chi connectivity index (χ0) is 9.84. The molecular formula is C10H13NO2. The number of aromatic nitrogens is 1. The smallest absolute Gasteiger partial charge is 0.339 e. The Morgan fingerprint density at radius 1 is 1.62 bits per heavy atom. The second-order valence-corrected chi connectivity index (χ2v) is 2.83. The summed E-state index contributed by atoms with van der Waals surface area (Å²) in [5.41, 5.74) is 2.47. The number of rotatable bonds is 2. The van der Waals surface area contributed by atoms with E-state index in [-0.39, 0.29) is 5.97 Å². The zero-order valence-corrected chi connectivity index (χ0v) is 8.13. The molecule has 0 spiro atoms. The molecule has 0 amide bonds. The predicted octanol–water partition coefficient (Wildman–Crippen LogP) is 1.74. The second kappa shape index (κ2) is 4.03. The number of hydrogen-bond donors (Lipinski definition) is 0.